The van der Waals surface area contributed by atoms with Gasteiger partial charge in [-0.25, -0.2) is 0 Å². The number of nitrogens with two attached hydrogens (primary N) is 1. The van der Waals surface area contributed by atoms with Crippen molar-refractivity contribution in [3.63, 3.8) is 0 Å². The maximum Gasteiger partial charge on any atom is 0.104 e. The van der Waals surface area contributed by atoms with Crippen molar-refractivity contribution in [1.29, 1.82) is 0 Å². The molecule has 0 spiro atoms. The molecule has 1 fully saturated rings. The fraction of sp³-hybridized carbons (Fsp3) is 0.417. The van der Waals surface area contributed by atoms with Crippen LogP contribution in [0.25, 0.3) is 0 Å². The highest BCUT2D eigenvalue weighted by Gasteiger charge is 2.20. The summed E-state index contributed by atoms with van der Waals surface area (Å²) in [5.74, 6) is 0.889. The lowest BCUT2D eigenvalue weighted by atomic mass is 10.1. The van der Waals surface area contributed by atoms with Crippen LogP contribution in [-0.2, 0) is 0 Å². The highest BCUT2D eigenvalue weighted by Crippen LogP contribution is 2.29. The Morgan fingerprint density at radius 1 is 1.53 bits per heavy atom. The monoisotopic (exact) mass is 220 g/mol. The predicted molar refractivity (Wildman–Crippen MR) is 68.3 cm³/mol. The summed E-state index contributed by atoms with van der Waals surface area (Å²) in [7, 11) is 0. The summed E-state index contributed by atoms with van der Waals surface area (Å²) >= 11 is 4.97. The summed E-state index contributed by atoms with van der Waals surface area (Å²) in [6, 6.07) is 6.15. The lowest BCUT2D eigenvalue weighted by Crippen LogP contribution is -2.11. The molecule has 0 radical (unpaired) electrons. The zero-order valence-electron chi connectivity index (χ0n) is 8.92. The average Bonchev–Trinajstić information content (AvgIpc) is 2.97. The first-order valence-corrected chi connectivity index (χ1v) is 5.72. The van der Waals surface area contributed by atoms with Gasteiger partial charge in [0.25, 0.3) is 0 Å². The second-order valence-electron chi connectivity index (χ2n) is 4.22. The van der Waals surface area contributed by atoms with Gasteiger partial charge in [-0.15, -0.1) is 0 Å². The molecule has 1 aromatic carbocycles. The van der Waals surface area contributed by atoms with Crippen LogP contribution in [0.4, 0.5) is 5.69 Å². The third kappa shape index (κ3) is 2.69. The van der Waals surface area contributed by atoms with Crippen LogP contribution in [0.3, 0.4) is 0 Å². The van der Waals surface area contributed by atoms with Crippen molar-refractivity contribution < 1.29 is 0 Å². The third-order valence-electron chi connectivity index (χ3n) is 2.78. The largest absolute Gasteiger partial charge is 0.389 e. The van der Waals surface area contributed by atoms with E-state index in [0.717, 1.165) is 23.6 Å². The van der Waals surface area contributed by atoms with Gasteiger partial charge in [0.05, 0.1) is 0 Å². The Morgan fingerprint density at radius 3 is 2.80 bits per heavy atom. The number of benzene rings is 1. The van der Waals surface area contributed by atoms with E-state index in [4.69, 9.17) is 18.0 Å². The molecule has 1 saturated carbocycles. The molecule has 0 heterocycles. The Labute approximate surface area is 95.9 Å². The average molecular weight is 220 g/mol. The Hall–Kier alpha value is -1.09. The molecule has 3 N–H and O–H groups in total. The van der Waals surface area contributed by atoms with Crippen LogP contribution in [0.1, 0.15) is 24.0 Å². The summed E-state index contributed by atoms with van der Waals surface area (Å²) < 4.78 is 0. The van der Waals surface area contributed by atoms with Gasteiger partial charge in [-0.05, 0) is 49.4 Å². The third-order valence-corrected chi connectivity index (χ3v) is 3.00. The van der Waals surface area contributed by atoms with Crippen LogP contribution in [-0.4, -0.2) is 11.5 Å². The van der Waals surface area contributed by atoms with Gasteiger partial charge >= 0.3 is 0 Å². The highest BCUT2D eigenvalue weighted by atomic mass is 32.1. The SMILES string of the molecule is Cc1cc(NCC2CC2)ccc1C(N)=S. The van der Waals surface area contributed by atoms with Gasteiger partial charge in [0.2, 0.25) is 0 Å². The van der Waals surface area contributed by atoms with Crippen molar-refractivity contribution in [3.8, 4) is 0 Å². The number of hydrogen-bond donors (Lipinski definition) is 2. The molecule has 15 heavy (non-hydrogen) atoms. The standard InChI is InChI=1S/C12H16N2S/c1-8-6-10(14-7-9-2-3-9)4-5-11(8)12(13)15/h4-6,9,14H,2-3,7H2,1H3,(H2,13,15). The van der Waals surface area contributed by atoms with Crippen LogP contribution in [0, 0.1) is 12.8 Å². The van der Waals surface area contributed by atoms with Crippen molar-refractivity contribution in [2.24, 2.45) is 11.7 Å². The van der Waals surface area contributed by atoms with Crippen LogP contribution in [0.15, 0.2) is 18.2 Å². The fourth-order valence-electron chi connectivity index (χ4n) is 1.63. The number of anilines is 1. The zero-order chi connectivity index (χ0) is 10.8. The van der Waals surface area contributed by atoms with E-state index in [1.165, 1.54) is 18.5 Å². The summed E-state index contributed by atoms with van der Waals surface area (Å²) in [4.78, 5) is 0.473. The molecule has 3 heteroatoms. The Kier molecular flexibility index (Phi) is 2.91. The van der Waals surface area contributed by atoms with Gasteiger partial charge in [0.15, 0.2) is 0 Å². The van der Waals surface area contributed by atoms with E-state index in [1.807, 2.05) is 19.1 Å². The van der Waals surface area contributed by atoms with Crippen LogP contribution in [0.2, 0.25) is 0 Å². The summed E-state index contributed by atoms with van der Waals surface area (Å²) in [6.07, 6.45) is 2.74. The van der Waals surface area contributed by atoms with E-state index in [2.05, 4.69) is 11.4 Å². The zero-order valence-corrected chi connectivity index (χ0v) is 9.73. The summed E-state index contributed by atoms with van der Waals surface area (Å²) in [6.45, 7) is 3.13. The Bertz CT molecular complexity index is 383. The normalized spacial score (nSPS) is 15.0. The molecule has 80 valence electrons. The van der Waals surface area contributed by atoms with Crippen molar-refractivity contribution in [2.45, 2.75) is 19.8 Å². The minimum absolute atomic E-state index is 0.473. The number of aryl methyl sites for hydroxylation is 1. The van der Waals surface area contributed by atoms with Crippen molar-refractivity contribution in [2.75, 3.05) is 11.9 Å². The quantitative estimate of drug-likeness (QED) is 0.765. The van der Waals surface area contributed by atoms with E-state index >= 15 is 0 Å². The van der Waals surface area contributed by atoms with Gasteiger partial charge in [0, 0.05) is 17.8 Å². The molecule has 0 amide bonds. The van der Waals surface area contributed by atoms with Gasteiger partial charge in [-0.1, -0.05) is 12.2 Å². The number of rotatable bonds is 4. The van der Waals surface area contributed by atoms with E-state index < -0.39 is 0 Å². The van der Waals surface area contributed by atoms with Gasteiger partial charge in [-0.2, -0.15) is 0 Å². The number of nitrogens with one attached hydrogen (secondary N) is 1. The van der Waals surface area contributed by atoms with E-state index in [-0.39, 0.29) is 0 Å². The first-order valence-electron chi connectivity index (χ1n) is 5.31. The maximum atomic E-state index is 5.61. The van der Waals surface area contributed by atoms with Crippen molar-refractivity contribution in [3.05, 3.63) is 29.3 Å². The lowest BCUT2D eigenvalue weighted by molar-refractivity contribution is 0.889. The first kappa shape index (κ1) is 10.4. The number of hydrogen-bond acceptors (Lipinski definition) is 2. The van der Waals surface area contributed by atoms with Gasteiger partial charge in [0.1, 0.15) is 4.99 Å². The predicted octanol–water partition coefficient (Wildman–Crippen LogP) is 2.45. The van der Waals surface area contributed by atoms with E-state index in [1.54, 1.807) is 0 Å². The van der Waals surface area contributed by atoms with E-state index in [0.29, 0.717) is 4.99 Å². The van der Waals surface area contributed by atoms with Crippen LogP contribution in [0.5, 0.6) is 0 Å². The molecule has 0 atom stereocenters. The smallest absolute Gasteiger partial charge is 0.104 e. The van der Waals surface area contributed by atoms with E-state index in [9.17, 15) is 0 Å². The summed E-state index contributed by atoms with van der Waals surface area (Å²) in [5.41, 5.74) is 8.89. The first-order chi connectivity index (χ1) is 7.16. The highest BCUT2D eigenvalue weighted by molar-refractivity contribution is 7.80. The molecule has 0 aromatic heterocycles. The fourth-order valence-corrected chi connectivity index (χ4v) is 1.86. The molecule has 1 aliphatic rings. The molecule has 0 saturated heterocycles. The van der Waals surface area contributed by atoms with Crippen molar-refractivity contribution in [1.82, 2.24) is 0 Å². The van der Waals surface area contributed by atoms with Crippen molar-refractivity contribution >= 4 is 22.9 Å². The number of thiocarbonyl (C=S) groups is 1. The van der Waals surface area contributed by atoms with Gasteiger partial charge < -0.3 is 11.1 Å². The minimum atomic E-state index is 0.473. The minimum Gasteiger partial charge on any atom is -0.389 e. The molecular weight excluding hydrogens is 204 g/mol. The molecular formula is C12H16N2S. The molecule has 2 nitrogen and oxygen atoms in total. The second-order valence-corrected chi connectivity index (χ2v) is 4.66. The molecule has 2 rings (SSSR count). The Morgan fingerprint density at radius 2 is 2.27 bits per heavy atom. The molecule has 1 aromatic rings. The lowest BCUT2D eigenvalue weighted by Gasteiger charge is -2.09. The molecule has 0 aliphatic heterocycles. The van der Waals surface area contributed by atoms with Crippen LogP contribution < -0.4 is 11.1 Å². The molecule has 0 bridgehead atoms. The van der Waals surface area contributed by atoms with Crippen LogP contribution >= 0.6 is 12.2 Å². The topological polar surface area (TPSA) is 38.0 Å². The molecule has 0 unspecified atom stereocenters. The summed E-state index contributed by atoms with van der Waals surface area (Å²) in [5, 5.41) is 3.43. The van der Waals surface area contributed by atoms with Gasteiger partial charge in [-0.3, -0.25) is 0 Å². The Balaban J connectivity index is 2.06. The maximum absolute atomic E-state index is 5.61. The second kappa shape index (κ2) is 4.19. The molecule has 1 aliphatic carbocycles.